The lowest BCUT2D eigenvalue weighted by molar-refractivity contribution is 0.237. The standard InChI is InChI=1S/C45H34N4S/c46-44(32-16-6-2-7-17-32)49-45(33-18-8-3-9-19-33)47(49)29-30-13-12-20-35(25-30)48-40-24-23-34(31-14-4-1-5-15-31)26-37(40)38-28-43-39(27-41(38)48)36-21-10-11-22-42(36)50-43/h1-28,44-45H,29,46H2/t44?,45-,47?,49?/m0/s1. The molecule has 0 spiro atoms. The third-order valence-corrected chi connectivity index (χ3v) is 11.3. The van der Waals surface area contributed by atoms with E-state index < -0.39 is 0 Å². The Morgan fingerprint density at radius 3 is 2.08 bits per heavy atom. The van der Waals surface area contributed by atoms with Gasteiger partial charge in [-0.15, -0.1) is 11.3 Å². The van der Waals surface area contributed by atoms with Gasteiger partial charge in [0.05, 0.1) is 17.2 Å². The molecular formula is C45H34N4S. The summed E-state index contributed by atoms with van der Waals surface area (Å²) in [6.07, 6.45) is -0.122. The fourth-order valence-electron chi connectivity index (χ4n) is 7.76. The molecular weight excluding hydrogens is 629 g/mol. The molecule has 5 heteroatoms. The number of hydrogen-bond acceptors (Lipinski definition) is 4. The van der Waals surface area contributed by atoms with E-state index in [1.165, 1.54) is 64.2 Å². The number of hydrogen-bond donors (Lipinski definition) is 1. The summed E-state index contributed by atoms with van der Waals surface area (Å²) in [5.41, 5.74) is 16.6. The predicted molar refractivity (Wildman–Crippen MR) is 209 cm³/mol. The van der Waals surface area contributed by atoms with E-state index in [0.717, 1.165) is 17.8 Å². The fourth-order valence-corrected chi connectivity index (χ4v) is 8.89. The van der Waals surface area contributed by atoms with Crippen LogP contribution >= 0.6 is 11.3 Å². The lowest BCUT2D eigenvalue weighted by Crippen LogP contribution is -2.23. The molecule has 4 nitrogen and oxygen atoms in total. The summed E-state index contributed by atoms with van der Waals surface area (Å²) in [5.74, 6) is 0. The largest absolute Gasteiger partial charge is 0.311 e. The lowest BCUT2D eigenvalue weighted by Gasteiger charge is -2.15. The predicted octanol–water partition coefficient (Wildman–Crippen LogP) is 11.2. The van der Waals surface area contributed by atoms with E-state index in [1.807, 2.05) is 17.4 Å². The highest BCUT2D eigenvalue weighted by Crippen LogP contribution is 2.48. The summed E-state index contributed by atoms with van der Waals surface area (Å²) in [4.78, 5) is 0. The second-order valence-corrected chi connectivity index (χ2v) is 14.3. The van der Waals surface area contributed by atoms with Gasteiger partial charge in [-0.2, -0.15) is 5.01 Å². The van der Waals surface area contributed by atoms with Crippen LogP contribution in [0.25, 0.3) is 58.8 Å². The topological polar surface area (TPSA) is 37.0 Å². The fraction of sp³-hybridized carbons (Fsp3) is 0.0667. The van der Waals surface area contributed by atoms with E-state index in [-0.39, 0.29) is 12.3 Å². The van der Waals surface area contributed by atoms with Gasteiger partial charge in [0.2, 0.25) is 0 Å². The van der Waals surface area contributed by atoms with Crippen molar-refractivity contribution in [2.24, 2.45) is 5.73 Å². The van der Waals surface area contributed by atoms with Gasteiger partial charge < -0.3 is 10.3 Å². The van der Waals surface area contributed by atoms with E-state index in [2.05, 4.69) is 178 Å². The molecule has 0 amide bonds. The molecule has 0 radical (unpaired) electrons. The zero-order chi connectivity index (χ0) is 33.2. The summed E-state index contributed by atoms with van der Waals surface area (Å²) >= 11 is 1.88. The number of rotatable bonds is 7. The van der Waals surface area contributed by atoms with E-state index >= 15 is 0 Å². The SMILES string of the molecule is NC(c1ccccc1)N1[C@@H](c2ccccc2)N1Cc1cccc(-n2c3ccc(-c4ccccc4)cc3c3cc4sc5ccccc5c4cc32)c1. The molecule has 3 heterocycles. The number of nitrogens with zero attached hydrogens (tertiary/aromatic N) is 3. The van der Waals surface area contributed by atoms with E-state index in [0.29, 0.717) is 0 Å². The van der Waals surface area contributed by atoms with Crippen molar-refractivity contribution in [1.29, 1.82) is 0 Å². The Bertz CT molecular complexity index is 2660. The van der Waals surface area contributed by atoms with Crippen molar-refractivity contribution in [3.05, 3.63) is 187 Å². The van der Waals surface area contributed by atoms with Gasteiger partial charge in [-0.3, -0.25) is 0 Å². The molecule has 1 aliphatic rings. The molecule has 7 aromatic carbocycles. The van der Waals surface area contributed by atoms with Crippen LogP contribution in [0.3, 0.4) is 0 Å². The van der Waals surface area contributed by atoms with Crippen LogP contribution in [0, 0.1) is 0 Å². The normalized spacial score (nSPS) is 17.9. The van der Waals surface area contributed by atoms with Crippen LogP contribution in [0.1, 0.15) is 29.0 Å². The zero-order valence-electron chi connectivity index (χ0n) is 27.4. The minimum Gasteiger partial charge on any atom is -0.311 e. The number of hydrazine groups is 1. The minimum atomic E-state index is -0.233. The number of nitrogens with two attached hydrogens (primary N) is 1. The van der Waals surface area contributed by atoms with Gasteiger partial charge in [0.15, 0.2) is 0 Å². The Labute approximate surface area is 294 Å². The quantitative estimate of drug-likeness (QED) is 0.173. The Morgan fingerprint density at radius 2 is 1.26 bits per heavy atom. The van der Waals surface area contributed by atoms with Gasteiger partial charge in [-0.05, 0) is 70.3 Å². The zero-order valence-corrected chi connectivity index (χ0v) is 28.2. The first-order valence-electron chi connectivity index (χ1n) is 17.2. The third kappa shape index (κ3) is 4.86. The molecule has 0 aliphatic carbocycles. The average molecular weight is 663 g/mol. The number of thiophene rings is 1. The highest BCUT2D eigenvalue weighted by molar-refractivity contribution is 7.25. The van der Waals surface area contributed by atoms with E-state index in [9.17, 15) is 0 Å². The number of benzene rings is 7. The van der Waals surface area contributed by atoms with Crippen LogP contribution in [0.15, 0.2) is 170 Å². The maximum absolute atomic E-state index is 6.91. The highest BCUT2D eigenvalue weighted by Gasteiger charge is 2.49. The monoisotopic (exact) mass is 662 g/mol. The van der Waals surface area contributed by atoms with Gasteiger partial charge in [0, 0.05) is 43.2 Å². The maximum atomic E-state index is 6.91. The van der Waals surface area contributed by atoms with Gasteiger partial charge in [0.1, 0.15) is 6.17 Å². The number of aromatic nitrogens is 1. The van der Waals surface area contributed by atoms with Crippen molar-refractivity contribution >= 4 is 53.3 Å². The van der Waals surface area contributed by atoms with E-state index in [4.69, 9.17) is 5.73 Å². The minimum absolute atomic E-state index is 0.111. The summed E-state index contributed by atoms with van der Waals surface area (Å²) in [5, 5.41) is 9.86. The van der Waals surface area contributed by atoms with Crippen molar-refractivity contribution in [1.82, 2.24) is 14.6 Å². The molecule has 0 bridgehead atoms. The van der Waals surface area contributed by atoms with Gasteiger partial charge >= 0.3 is 0 Å². The highest BCUT2D eigenvalue weighted by atomic mass is 32.1. The Hall–Kier alpha value is -5.56. The Kier molecular flexibility index (Phi) is 6.93. The molecule has 1 saturated heterocycles. The summed E-state index contributed by atoms with van der Waals surface area (Å²) in [7, 11) is 0. The molecule has 2 N–H and O–H groups in total. The van der Waals surface area contributed by atoms with Crippen molar-refractivity contribution in [2.75, 3.05) is 0 Å². The molecule has 4 atom stereocenters. The molecule has 0 saturated carbocycles. The van der Waals surface area contributed by atoms with Gasteiger partial charge in [-0.1, -0.05) is 127 Å². The molecule has 10 rings (SSSR count). The molecule has 1 fully saturated rings. The average Bonchev–Trinajstić information content (AvgIpc) is 3.63. The molecule has 2 aromatic heterocycles. The van der Waals surface area contributed by atoms with Crippen LogP contribution in [0.4, 0.5) is 0 Å². The first-order chi connectivity index (χ1) is 24.7. The van der Waals surface area contributed by atoms with Crippen LogP contribution < -0.4 is 5.73 Å². The van der Waals surface area contributed by atoms with Crippen LogP contribution in [-0.2, 0) is 6.54 Å². The van der Waals surface area contributed by atoms with Crippen LogP contribution in [0.2, 0.25) is 0 Å². The van der Waals surface area contributed by atoms with Crippen molar-refractivity contribution < 1.29 is 0 Å². The van der Waals surface area contributed by atoms with Gasteiger partial charge in [-0.25, -0.2) is 5.01 Å². The van der Waals surface area contributed by atoms with Crippen molar-refractivity contribution in [3.8, 4) is 16.8 Å². The van der Waals surface area contributed by atoms with Crippen molar-refractivity contribution in [2.45, 2.75) is 18.9 Å². The molecule has 240 valence electrons. The second kappa shape index (κ2) is 11.8. The smallest absolute Gasteiger partial charge is 0.117 e. The third-order valence-electron chi connectivity index (χ3n) is 10.2. The van der Waals surface area contributed by atoms with Crippen molar-refractivity contribution in [3.63, 3.8) is 0 Å². The Balaban J connectivity index is 1.10. The summed E-state index contributed by atoms with van der Waals surface area (Å²) in [6.45, 7) is 0.753. The molecule has 3 unspecified atom stereocenters. The second-order valence-electron chi connectivity index (χ2n) is 13.2. The summed E-state index contributed by atoms with van der Waals surface area (Å²) < 4.78 is 5.10. The first kappa shape index (κ1) is 29.4. The van der Waals surface area contributed by atoms with Crippen LogP contribution in [-0.4, -0.2) is 14.6 Å². The lowest BCUT2D eigenvalue weighted by atomic mass is 10.0. The van der Waals surface area contributed by atoms with Crippen LogP contribution in [0.5, 0.6) is 0 Å². The maximum Gasteiger partial charge on any atom is 0.117 e. The van der Waals surface area contributed by atoms with Gasteiger partial charge in [0.25, 0.3) is 0 Å². The molecule has 50 heavy (non-hydrogen) atoms. The first-order valence-corrected chi connectivity index (χ1v) is 18.0. The Morgan fingerprint density at radius 1 is 0.540 bits per heavy atom. The number of fused-ring (bicyclic) bond motifs is 6. The van der Waals surface area contributed by atoms with E-state index in [1.54, 1.807) is 0 Å². The molecule has 9 aromatic rings. The summed E-state index contributed by atoms with van der Waals surface area (Å²) in [6, 6.07) is 61.3. The molecule has 1 aliphatic heterocycles.